The first kappa shape index (κ1) is 28.2. The Balaban J connectivity index is 2.17. The summed E-state index contributed by atoms with van der Waals surface area (Å²) in [7, 11) is 0. The average molecular weight is 451 g/mol. The molecule has 0 spiro atoms. The van der Waals surface area contributed by atoms with E-state index in [1.165, 1.54) is 83.5 Å². The molecular formula is C30H58O2. The lowest BCUT2D eigenvalue weighted by Crippen LogP contribution is -2.47. The molecule has 190 valence electrons. The fraction of sp³-hybridized carbons (Fsp3) is 1.00. The molecule has 0 bridgehead atoms. The SMILES string of the molecule is CCCCC1CC(C(C)(C)C2CC(CCC)C(OCC)C(CCCC)C2)CCC1OCC. The van der Waals surface area contributed by atoms with E-state index in [1.54, 1.807) is 0 Å². The van der Waals surface area contributed by atoms with E-state index in [-0.39, 0.29) is 0 Å². The highest BCUT2D eigenvalue weighted by molar-refractivity contribution is 4.97. The third-order valence-corrected chi connectivity index (χ3v) is 9.38. The molecule has 7 unspecified atom stereocenters. The molecule has 0 saturated heterocycles. The van der Waals surface area contributed by atoms with Crippen molar-refractivity contribution in [2.45, 2.75) is 144 Å². The monoisotopic (exact) mass is 450 g/mol. The zero-order valence-electron chi connectivity index (χ0n) is 23.0. The molecule has 0 N–H and O–H groups in total. The van der Waals surface area contributed by atoms with Crippen molar-refractivity contribution in [2.75, 3.05) is 13.2 Å². The average Bonchev–Trinajstić information content (AvgIpc) is 2.78. The van der Waals surface area contributed by atoms with Gasteiger partial charge in [-0.3, -0.25) is 0 Å². The minimum absolute atomic E-state index is 0.426. The summed E-state index contributed by atoms with van der Waals surface area (Å²) < 4.78 is 12.7. The van der Waals surface area contributed by atoms with Gasteiger partial charge < -0.3 is 9.47 Å². The molecule has 2 rings (SSSR count). The predicted molar refractivity (Wildman–Crippen MR) is 139 cm³/mol. The smallest absolute Gasteiger partial charge is 0.0631 e. The van der Waals surface area contributed by atoms with Crippen LogP contribution in [-0.2, 0) is 9.47 Å². The van der Waals surface area contributed by atoms with Gasteiger partial charge in [-0.15, -0.1) is 0 Å². The second kappa shape index (κ2) is 14.3. The van der Waals surface area contributed by atoms with Crippen molar-refractivity contribution in [3.8, 4) is 0 Å². The summed E-state index contributed by atoms with van der Waals surface area (Å²) in [4.78, 5) is 0. The maximum absolute atomic E-state index is 6.45. The molecule has 0 amide bonds. The first-order chi connectivity index (χ1) is 15.4. The molecule has 0 heterocycles. The van der Waals surface area contributed by atoms with Crippen LogP contribution in [0.4, 0.5) is 0 Å². The lowest BCUT2D eigenvalue weighted by Gasteiger charge is -2.52. The Kier molecular flexibility index (Phi) is 12.6. The standard InChI is InChI=1S/C30H58O2/c1-8-13-16-23-20-26(18-19-28(23)31-11-4)30(6,7)27-21-24(15-10-3)29(32-12-5)25(22-27)17-14-9-2/h23-29H,8-22H2,1-7H3. The number of hydrogen-bond acceptors (Lipinski definition) is 2. The summed E-state index contributed by atoms with van der Waals surface area (Å²) in [5, 5.41) is 0. The van der Waals surface area contributed by atoms with Gasteiger partial charge in [-0.05, 0) is 100 Å². The van der Waals surface area contributed by atoms with Crippen molar-refractivity contribution in [1.82, 2.24) is 0 Å². The van der Waals surface area contributed by atoms with Crippen LogP contribution in [0.3, 0.4) is 0 Å². The molecule has 0 aromatic heterocycles. The number of unbranched alkanes of at least 4 members (excludes halogenated alkanes) is 2. The zero-order valence-corrected chi connectivity index (χ0v) is 23.0. The van der Waals surface area contributed by atoms with Gasteiger partial charge in [-0.25, -0.2) is 0 Å². The van der Waals surface area contributed by atoms with Crippen LogP contribution in [0.15, 0.2) is 0 Å². The third kappa shape index (κ3) is 7.46. The summed E-state index contributed by atoms with van der Waals surface area (Å²) in [6.45, 7) is 18.5. The molecule has 0 radical (unpaired) electrons. The molecule has 0 aliphatic heterocycles. The lowest BCUT2D eigenvalue weighted by molar-refractivity contribution is -0.0986. The van der Waals surface area contributed by atoms with Crippen LogP contribution in [0, 0.1) is 35.0 Å². The molecule has 7 atom stereocenters. The highest BCUT2D eigenvalue weighted by Crippen LogP contribution is 2.53. The number of hydrogen-bond donors (Lipinski definition) is 0. The Morgan fingerprint density at radius 2 is 1.19 bits per heavy atom. The van der Waals surface area contributed by atoms with Gasteiger partial charge in [0.05, 0.1) is 12.2 Å². The van der Waals surface area contributed by atoms with E-state index in [0.29, 0.717) is 17.6 Å². The number of rotatable bonds is 14. The summed E-state index contributed by atoms with van der Waals surface area (Å²) in [5.74, 6) is 3.99. The predicted octanol–water partition coefficient (Wildman–Crippen LogP) is 9.06. The minimum atomic E-state index is 0.426. The molecule has 2 saturated carbocycles. The maximum Gasteiger partial charge on any atom is 0.0631 e. The van der Waals surface area contributed by atoms with Gasteiger partial charge in [0, 0.05) is 13.2 Å². The Morgan fingerprint density at radius 1 is 0.625 bits per heavy atom. The summed E-state index contributed by atoms with van der Waals surface area (Å²) >= 11 is 0. The van der Waals surface area contributed by atoms with Crippen LogP contribution >= 0.6 is 0 Å². The highest BCUT2D eigenvalue weighted by atomic mass is 16.5. The fourth-order valence-corrected chi connectivity index (χ4v) is 7.40. The van der Waals surface area contributed by atoms with Crippen molar-refractivity contribution in [2.24, 2.45) is 35.0 Å². The minimum Gasteiger partial charge on any atom is -0.378 e. The van der Waals surface area contributed by atoms with Crippen LogP contribution in [0.5, 0.6) is 0 Å². The topological polar surface area (TPSA) is 18.5 Å². The molecule has 0 aromatic rings. The molecule has 2 nitrogen and oxygen atoms in total. The summed E-state index contributed by atoms with van der Waals surface area (Å²) in [6, 6.07) is 0. The van der Waals surface area contributed by atoms with Crippen LogP contribution in [0.1, 0.15) is 132 Å². The Hall–Kier alpha value is -0.0800. The maximum atomic E-state index is 6.45. The fourth-order valence-electron chi connectivity index (χ4n) is 7.40. The van der Waals surface area contributed by atoms with Crippen molar-refractivity contribution in [3.63, 3.8) is 0 Å². The highest BCUT2D eigenvalue weighted by Gasteiger charge is 2.47. The molecule has 2 heteroatoms. The Bertz CT molecular complexity index is 487. The normalized spacial score (nSPS) is 34.0. The van der Waals surface area contributed by atoms with Crippen LogP contribution in [-0.4, -0.2) is 25.4 Å². The van der Waals surface area contributed by atoms with Crippen molar-refractivity contribution < 1.29 is 9.47 Å². The van der Waals surface area contributed by atoms with Gasteiger partial charge in [-0.2, -0.15) is 0 Å². The largest absolute Gasteiger partial charge is 0.378 e. The van der Waals surface area contributed by atoms with E-state index >= 15 is 0 Å². The van der Waals surface area contributed by atoms with Crippen LogP contribution in [0.25, 0.3) is 0 Å². The number of ether oxygens (including phenoxy) is 2. The molecule has 0 aromatic carbocycles. The van der Waals surface area contributed by atoms with Gasteiger partial charge in [-0.1, -0.05) is 66.7 Å². The van der Waals surface area contributed by atoms with Crippen LogP contribution < -0.4 is 0 Å². The lowest BCUT2D eigenvalue weighted by atomic mass is 9.55. The second-order valence-electron chi connectivity index (χ2n) is 11.8. The molecule has 2 fully saturated rings. The van der Waals surface area contributed by atoms with Crippen molar-refractivity contribution in [1.29, 1.82) is 0 Å². The molecule has 2 aliphatic rings. The third-order valence-electron chi connectivity index (χ3n) is 9.38. The van der Waals surface area contributed by atoms with E-state index in [0.717, 1.165) is 42.8 Å². The first-order valence-electron chi connectivity index (χ1n) is 14.7. The van der Waals surface area contributed by atoms with Gasteiger partial charge in [0.25, 0.3) is 0 Å². The van der Waals surface area contributed by atoms with E-state index in [1.807, 2.05) is 0 Å². The molecule has 32 heavy (non-hydrogen) atoms. The van der Waals surface area contributed by atoms with Crippen molar-refractivity contribution >= 4 is 0 Å². The van der Waals surface area contributed by atoms with Crippen LogP contribution in [0.2, 0.25) is 0 Å². The second-order valence-corrected chi connectivity index (χ2v) is 11.8. The van der Waals surface area contributed by atoms with E-state index in [9.17, 15) is 0 Å². The van der Waals surface area contributed by atoms with Gasteiger partial charge in [0.15, 0.2) is 0 Å². The van der Waals surface area contributed by atoms with Gasteiger partial charge in [0.1, 0.15) is 0 Å². The van der Waals surface area contributed by atoms with E-state index < -0.39 is 0 Å². The summed E-state index contributed by atoms with van der Waals surface area (Å²) in [6.07, 6.45) is 18.5. The first-order valence-corrected chi connectivity index (χ1v) is 14.7. The van der Waals surface area contributed by atoms with Gasteiger partial charge in [0.2, 0.25) is 0 Å². The van der Waals surface area contributed by atoms with E-state index in [2.05, 4.69) is 48.5 Å². The zero-order chi connectivity index (χ0) is 23.6. The summed E-state index contributed by atoms with van der Waals surface area (Å²) in [5.41, 5.74) is 0.426. The van der Waals surface area contributed by atoms with E-state index in [4.69, 9.17) is 9.47 Å². The van der Waals surface area contributed by atoms with Gasteiger partial charge >= 0.3 is 0 Å². The Morgan fingerprint density at radius 3 is 1.75 bits per heavy atom. The Labute approximate surface area is 202 Å². The molecular weight excluding hydrogens is 392 g/mol. The molecule has 2 aliphatic carbocycles. The van der Waals surface area contributed by atoms with Crippen molar-refractivity contribution in [3.05, 3.63) is 0 Å². The quantitative estimate of drug-likeness (QED) is 0.263.